The number of aliphatic hydroxyl groups is 1. The Hall–Kier alpha value is -1.45. The van der Waals surface area contributed by atoms with E-state index in [9.17, 15) is 4.79 Å². The second-order valence-electron chi connectivity index (χ2n) is 9.21. The van der Waals surface area contributed by atoms with Crippen molar-refractivity contribution in [3.63, 3.8) is 0 Å². The summed E-state index contributed by atoms with van der Waals surface area (Å²) in [4.78, 5) is 13.2. The summed E-state index contributed by atoms with van der Waals surface area (Å²) in [5.74, 6) is 1.71. The largest absolute Gasteiger partial charge is 0.459 e. The Morgan fingerprint density at radius 3 is 2.73 bits per heavy atom. The highest BCUT2D eigenvalue weighted by Gasteiger charge is 2.42. The Bertz CT molecular complexity index is 769. The van der Waals surface area contributed by atoms with E-state index in [1.165, 1.54) is 24.8 Å². The lowest BCUT2D eigenvalue weighted by Gasteiger charge is -2.37. The van der Waals surface area contributed by atoms with E-state index in [4.69, 9.17) is 24.1 Å². The van der Waals surface area contributed by atoms with E-state index < -0.39 is 6.29 Å². The quantitative estimate of drug-likeness (QED) is 0.422. The number of thiophene rings is 1. The summed E-state index contributed by atoms with van der Waals surface area (Å²) < 4.78 is 23.1. The van der Waals surface area contributed by atoms with Crippen LogP contribution in [0.15, 0.2) is 28.7 Å². The average Bonchev–Trinajstić information content (AvgIpc) is 3.58. The summed E-state index contributed by atoms with van der Waals surface area (Å²) in [6, 6.07) is 2.38. The SMILES string of the molecule is CCO[C@@H]1OC(C(=O)NC2CC3CCC2C3)=C[C@H](c2ccsc2)[C@H]1CCOCCOCCO. The van der Waals surface area contributed by atoms with E-state index in [0.717, 1.165) is 18.8 Å². The predicted molar refractivity (Wildman–Crippen MR) is 126 cm³/mol. The van der Waals surface area contributed by atoms with E-state index in [0.29, 0.717) is 44.7 Å². The maximum Gasteiger partial charge on any atom is 0.286 e. The molecule has 0 saturated heterocycles. The highest BCUT2D eigenvalue weighted by atomic mass is 32.1. The molecule has 8 heteroatoms. The van der Waals surface area contributed by atoms with Gasteiger partial charge in [-0.2, -0.15) is 11.3 Å². The number of hydrogen-bond donors (Lipinski definition) is 2. The average molecular weight is 480 g/mol. The standard InChI is InChI=1S/C25H37NO6S/c1-2-31-25-20(5-8-29-10-11-30-9-7-27)21(19-6-12-33-16-19)15-23(32-25)24(28)26-22-14-17-3-4-18(22)13-17/h6,12,15-18,20-22,25,27H,2-5,7-11,13-14H2,1H3,(H,26,28)/t17?,18?,20-,21-,22?,25-/m1/s1. The molecule has 1 amide bonds. The zero-order chi connectivity index (χ0) is 23.0. The highest BCUT2D eigenvalue weighted by Crippen LogP contribution is 2.45. The minimum absolute atomic E-state index is 0.0159. The lowest BCUT2D eigenvalue weighted by molar-refractivity contribution is -0.168. The van der Waals surface area contributed by atoms with Crippen molar-refractivity contribution in [1.29, 1.82) is 0 Å². The van der Waals surface area contributed by atoms with Crippen molar-refractivity contribution < 1.29 is 28.8 Å². The van der Waals surface area contributed by atoms with Crippen LogP contribution in [-0.4, -0.2) is 63.0 Å². The van der Waals surface area contributed by atoms with Gasteiger partial charge in [-0.05, 0) is 72.9 Å². The third kappa shape index (κ3) is 6.36. The van der Waals surface area contributed by atoms with Crippen LogP contribution in [0.3, 0.4) is 0 Å². The van der Waals surface area contributed by atoms with Crippen LogP contribution in [0.25, 0.3) is 0 Å². The van der Waals surface area contributed by atoms with Crippen LogP contribution in [0.4, 0.5) is 0 Å². The van der Waals surface area contributed by atoms with Crippen LogP contribution in [0.1, 0.15) is 50.5 Å². The number of fused-ring (bicyclic) bond motifs is 2. The Morgan fingerprint density at radius 2 is 2.06 bits per heavy atom. The molecule has 33 heavy (non-hydrogen) atoms. The van der Waals surface area contributed by atoms with Gasteiger partial charge < -0.3 is 29.4 Å². The van der Waals surface area contributed by atoms with Crippen LogP contribution < -0.4 is 5.32 Å². The molecule has 2 N–H and O–H groups in total. The molecule has 6 atom stereocenters. The number of aliphatic hydroxyl groups excluding tert-OH is 1. The van der Waals surface area contributed by atoms with Crippen molar-refractivity contribution in [3.05, 3.63) is 34.2 Å². The first-order valence-electron chi connectivity index (χ1n) is 12.3. The lowest BCUT2D eigenvalue weighted by atomic mass is 9.82. The number of carbonyl (C=O) groups is 1. The van der Waals surface area contributed by atoms with Gasteiger partial charge in [0.15, 0.2) is 5.76 Å². The minimum Gasteiger partial charge on any atom is -0.459 e. The summed E-state index contributed by atoms with van der Waals surface area (Å²) in [7, 11) is 0. The van der Waals surface area contributed by atoms with Crippen LogP contribution in [-0.2, 0) is 23.7 Å². The minimum atomic E-state index is -0.500. The van der Waals surface area contributed by atoms with Gasteiger partial charge >= 0.3 is 0 Å². The fourth-order valence-corrected chi connectivity index (χ4v) is 6.26. The van der Waals surface area contributed by atoms with Gasteiger partial charge in [-0.25, -0.2) is 0 Å². The maximum atomic E-state index is 13.2. The maximum absolute atomic E-state index is 13.2. The van der Waals surface area contributed by atoms with Crippen molar-refractivity contribution in [3.8, 4) is 0 Å². The number of carbonyl (C=O) groups excluding carboxylic acids is 1. The molecule has 1 aliphatic heterocycles. The van der Waals surface area contributed by atoms with E-state index >= 15 is 0 Å². The summed E-state index contributed by atoms with van der Waals surface area (Å²) in [5.41, 5.74) is 1.18. The summed E-state index contributed by atoms with van der Waals surface area (Å²) in [6.07, 6.45) is 7.09. The van der Waals surface area contributed by atoms with Gasteiger partial charge in [-0.3, -0.25) is 4.79 Å². The molecule has 2 saturated carbocycles. The molecule has 1 aromatic heterocycles. The monoisotopic (exact) mass is 479 g/mol. The lowest BCUT2D eigenvalue weighted by Crippen LogP contribution is -2.43. The molecule has 4 rings (SSSR count). The second-order valence-corrected chi connectivity index (χ2v) is 9.99. The van der Waals surface area contributed by atoms with Gasteiger partial charge in [0.25, 0.3) is 5.91 Å². The van der Waals surface area contributed by atoms with E-state index in [-0.39, 0.29) is 30.4 Å². The third-order valence-electron chi connectivity index (χ3n) is 7.13. The molecule has 0 radical (unpaired) electrons. The van der Waals surface area contributed by atoms with E-state index in [1.807, 2.05) is 13.0 Å². The summed E-state index contributed by atoms with van der Waals surface area (Å²) >= 11 is 1.65. The first kappa shape index (κ1) is 24.7. The molecule has 2 bridgehead atoms. The molecule has 2 heterocycles. The number of hydrogen-bond acceptors (Lipinski definition) is 7. The number of nitrogens with one attached hydrogen (secondary N) is 1. The number of amides is 1. The normalized spacial score (nSPS) is 30.8. The Kier molecular flexibility index (Phi) is 9.20. The molecule has 2 aliphatic carbocycles. The third-order valence-corrected chi connectivity index (χ3v) is 7.83. The Balaban J connectivity index is 1.41. The smallest absolute Gasteiger partial charge is 0.286 e. The molecular weight excluding hydrogens is 442 g/mol. The van der Waals surface area contributed by atoms with Gasteiger partial charge in [0.05, 0.1) is 26.4 Å². The Morgan fingerprint density at radius 1 is 1.21 bits per heavy atom. The molecule has 3 aliphatic rings. The van der Waals surface area contributed by atoms with E-state index in [1.54, 1.807) is 11.3 Å². The van der Waals surface area contributed by atoms with E-state index in [2.05, 4.69) is 22.1 Å². The number of ether oxygens (including phenoxy) is 4. The van der Waals surface area contributed by atoms with Gasteiger partial charge in [-0.15, -0.1) is 0 Å². The Labute approximate surface area is 200 Å². The van der Waals surface area contributed by atoms with Crippen molar-refractivity contribution in [1.82, 2.24) is 5.32 Å². The van der Waals surface area contributed by atoms with Crippen LogP contribution in [0.5, 0.6) is 0 Å². The number of rotatable bonds is 13. The first-order valence-corrected chi connectivity index (χ1v) is 13.2. The predicted octanol–water partition coefficient (Wildman–Crippen LogP) is 3.45. The molecule has 2 fully saturated rings. The molecule has 184 valence electrons. The van der Waals surface area contributed by atoms with Gasteiger partial charge in [-0.1, -0.05) is 6.42 Å². The zero-order valence-corrected chi connectivity index (χ0v) is 20.3. The topological polar surface area (TPSA) is 86.3 Å². The summed E-state index contributed by atoms with van der Waals surface area (Å²) in [5, 5.41) is 16.2. The van der Waals surface area contributed by atoms with Crippen molar-refractivity contribution in [2.45, 2.75) is 57.3 Å². The number of allylic oxidation sites excluding steroid dienone is 1. The van der Waals surface area contributed by atoms with Gasteiger partial charge in [0, 0.05) is 31.1 Å². The van der Waals surface area contributed by atoms with Crippen LogP contribution >= 0.6 is 11.3 Å². The van der Waals surface area contributed by atoms with Gasteiger partial charge in [0.2, 0.25) is 6.29 Å². The highest BCUT2D eigenvalue weighted by molar-refractivity contribution is 7.08. The second kappa shape index (κ2) is 12.3. The van der Waals surface area contributed by atoms with Crippen molar-refractivity contribution >= 4 is 17.2 Å². The molecule has 0 aromatic carbocycles. The van der Waals surface area contributed by atoms with Crippen molar-refractivity contribution in [2.75, 3.05) is 39.6 Å². The first-order chi connectivity index (χ1) is 16.2. The molecule has 1 aromatic rings. The fraction of sp³-hybridized carbons (Fsp3) is 0.720. The summed E-state index contributed by atoms with van der Waals surface area (Å²) in [6.45, 7) is 4.27. The molecule has 0 spiro atoms. The fourth-order valence-electron chi connectivity index (χ4n) is 5.55. The van der Waals surface area contributed by atoms with Crippen molar-refractivity contribution in [2.24, 2.45) is 17.8 Å². The van der Waals surface area contributed by atoms with Crippen LogP contribution in [0, 0.1) is 17.8 Å². The molecule has 7 nitrogen and oxygen atoms in total. The molecular formula is C25H37NO6S. The van der Waals surface area contributed by atoms with Crippen LogP contribution in [0.2, 0.25) is 0 Å². The molecule has 3 unspecified atom stereocenters. The zero-order valence-electron chi connectivity index (χ0n) is 19.4. The van der Waals surface area contributed by atoms with Gasteiger partial charge in [0.1, 0.15) is 0 Å².